The standard InChI is InChI=1S/C25H30Cl4N2O3S2/c1-15(2)34-25(33)23(12-17-3-4-18(28)13-21(17)29)31-24(32)22(30)11-16-9-19(35-7-5-26)14-20(10-16)36-8-6-27/h3-4,9-10,13-15,22-23H,5-8,11-12,30H2,1-2H3,(H,31,32)/t22-,23-/m0/s1. The van der Waals surface area contributed by atoms with Crippen molar-refractivity contribution < 1.29 is 14.3 Å². The third-order valence-corrected chi connectivity index (χ3v) is 8.18. The first-order valence-electron chi connectivity index (χ1n) is 11.3. The summed E-state index contributed by atoms with van der Waals surface area (Å²) >= 11 is 27.3. The van der Waals surface area contributed by atoms with Gasteiger partial charge in [-0.1, -0.05) is 29.3 Å². The van der Waals surface area contributed by atoms with Crippen LogP contribution >= 0.6 is 69.9 Å². The Bertz CT molecular complexity index is 1000. The molecule has 0 radical (unpaired) electrons. The zero-order valence-electron chi connectivity index (χ0n) is 20.1. The zero-order chi connectivity index (χ0) is 26.7. The maximum atomic E-state index is 13.0. The topological polar surface area (TPSA) is 81.4 Å². The van der Waals surface area contributed by atoms with Gasteiger partial charge in [-0.15, -0.1) is 46.7 Å². The summed E-state index contributed by atoms with van der Waals surface area (Å²) in [6, 6.07) is 9.25. The summed E-state index contributed by atoms with van der Waals surface area (Å²) in [6.45, 7) is 3.49. The minimum Gasteiger partial charge on any atom is -0.461 e. The molecule has 5 nitrogen and oxygen atoms in total. The molecule has 2 aromatic carbocycles. The molecule has 0 saturated carbocycles. The van der Waals surface area contributed by atoms with Gasteiger partial charge in [-0.05, 0) is 61.7 Å². The summed E-state index contributed by atoms with van der Waals surface area (Å²) < 4.78 is 5.36. The van der Waals surface area contributed by atoms with E-state index in [0.717, 1.165) is 26.9 Å². The predicted molar refractivity (Wildman–Crippen MR) is 154 cm³/mol. The molecule has 0 spiro atoms. The van der Waals surface area contributed by atoms with E-state index in [1.54, 1.807) is 55.6 Å². The van der Waals surface area contributed by atoms with E-state index in [9.17, 15) is 9.59 Å². The molecule has 0 aliphatic rings. The van der Waals surface area contributed by atoms with Crippen molar-refractivity contribution in [2.45, 2.75) is 54.7 Å². The molecule has 2 rings (SSSR count). The van der Waals surface area contributed by atoms with Crippen LogP contribution in [0.3, 0.4) is 0 Å². The van der Waals surface area contributed by atoms with Crippen LogP contribution in [-0.2, 0) is 27.2 Å². The van der Waals surface area contributed by atoms with Crippen LogP contribution in [0.4, 0.5) is 0 Å². The third kappa shape index (κ3) is 10.9. The summed E-state index contributed by atoms with van der Waals surface area (Å²) in [5.74, 6) is 1.59. The van der Waals surface area contributed by atoms with Crippen molar-refractivity contribution in [3.63, 3.8) is 0 Å². The van der Waals surface area contributed by atoms with Crippen LogP contribution in [0.5, 0.6) is 0 Å². The van der Waals surface area contributed by atoms with Crippen molar-refractivity contribution in [1.29, 1.82) is 0 Å². The smallest absolute Gasteiger partial charge is 0.329 e. The normalized spacial score (nSPS) is 12.9. The molecule has 0 aliphatic heterocycles. The van der Waals surface area contributed by atoms with Crippen LogP contribution in [0.15, 0.2) is 46.2 Å². The Morgan fingerprint density at radius 3 is 2.11 bits per heavy atom. The number of benzene rings is 2. The van der Waals surface area contributed by atoms with Gasteiger partial charge < -0.3 is 15.8 Å². The van der Waals surface area contributed by atoms with Crippen molar-refractivity contribution in [2.24, 2.45) is 5.73 Å². The average Bonchev–Trinajstić information content (AvgIpc) is 2.81. The highest BCUT2D eigenvalue weighted by Crippen LogP contribution is 2.28. The number of hydrogen-bond donors (Lipinski definition) is 2. The zero-order valence-corrected chi connectivity index (χ0v) is 24.7. The number of ether oxygens (including phenoxy) is 1. The number of carbonyl (C=O) groups excluding carboxylic acids is 2. The predicted octanol–water partition coefficient (Wildman–Crippen LogP) is 6.20. The second-order valence-corrected chi connectivity index (χ2v) is 12.1. The number of rotatable bonds is 14. The Kier molecular flexibility index (Phi) is 14.2. The van der Waals surface area contributed by atoms with E-state index in [1.807, 2.05) is 12.1 Å². The highest BCUT2D eigenvalue weighted by atomic mass is 35.5. The number of thioether (sulfide) groups is 2. The molecule has 3 N–H and O–H groups in total. The molecule has 198 valence electrons. The number of esters is 1. The first-order chi connectivity index (χ1) is 17.1. The summed E-state index contributed by atoms with van der Waals surface area (Å²) in [5, 5.41) is 3.63. The fourth-order valence-electron chi connectivity index (χ4n) is 3.27. The maximum Gasteiger partial charge on any atom is 0.329 e. The van der Waals surface area contributed by atoms with E-state index in [-0.39, 0.29) is 12.5 Å². The number of carbonyl (C=O) groups is 2. The van der Waals surface area contributed by atoms with Crippen molar-refractivity contribution in [1.82, 2.24) is 5.32 Å². The minimum absolute atomic E-state index is 0.143. The number of halogens is 4. The van der Waals surface area contributed by atoms with Gasteiger partial charge in [0.15, 0.2) is 0 Å². The van der Waals surface area contributed by atoms with Crippen LogP contribution in [0.1, 0.15) is 25.0 Å². The van der Waals surface area contributed by atoms with Gasteiger partial charge in [-0.25, -0.2) is 4.79 Å². The van der Waals surface area contributed by atoms with Gasteiger partial charge in [0.2, 0.25) is 5.91 Å². The Hall–Kier alpha value is -0.800. The van der Waals surface area contributed by atoms with Crippen molar-refractivity contribution in [3.8, 4) is 0 Å². The Morgan fingerprint density at radius 1 is 0.972 bits per heavy atom. The molecule has 0 aliphatic carbocycles. The van der Waals surface area contributed by atoms with Crippen molar-refractivity contribution in [3.05, 3.63) is 57.6 Å². The van der Waals surface area contributed by atoms with E-state index >= 15 is 0 Å². The molecule has 0 fully saturated rings. The molecular weight excluding hydrogens is 582 g/mol. The summed E-state index contributed by atoms with van der Waals surface area (Å²) in [7, 11) is 0. The van der Waals surface area contributed by atoms with Crippen LogP contribution in [-0.4, -0.2) is 53.3 Å². The van der Waals surface area contributed by atoms with Gasteiger partial charge in [-0.2, -0.15) is 0 Å². The van der Waals surface area contributed by atoms with Gasteiger partial charge >= 0.3 is 5.97 Å². The molecule has 1 amide bonds. The minimum atomic E-state index is -0.954. The van der Waals surface area contributed by atoms with E-state index in [4.69, 9.17) is 56.9 Å². The second-order valence-electron chi connectivity index (χ2n) is 8.18. The monoisotopic (exact) mass is 610 g/mol. The van der Waals surface area contributed by atoms with Gasteiger partial charge in [-0.3, -0.25) is 4.79 Å². The second kappa shape index (κ2) is 16.2. The van der Waals surface area contributed by atoms with Gasteiger partial charge in [0.05, 0.1) is 12.1 Å². The summed E-state index contributed by atoms with van der Waals surface area (Å²) in [6.07, 6.45) is 0.0934. The van der Waals surface area contributed by atoms with E-state index in [2.05, 4.69) is 11.4 Å². The molecular formula is C25H30Cl4N2O3S2. The first kappa shape index (κ1) is 31.4. The number of amides is 1. The molecule has 36 heavy (non-hydrogen) atoms. The van der Waals surface area contributed by atoms with E-state index in [0.29, 0.717) is 33.8 Å². The Balaban J connectivity index is 2.17. The Labute approximate surface area is 241 Å². The number of nitrogens with two attached hydrogens (primary N) is 1. The molecule has 0 bridgehead atoms. The quantitative estimate of drug-likeness (QED) is 0.150. The number of hydrogen-bond acceptors (Lipinski definition) is 6. The highest BCUT2D eigenvalue weighted by molar-refractivity contribution is 8.00. The van der Waals surface area contributed by atoms with Crippen LogP contribution in [0, 0.1) is 0 Å². The number of nitrogens with one attached hydrogen (secondary N) is 1. The molecule has 0 saturated heterocycles. The molecule has 2 atom stereocenters. The largest absolute Gasteiger partial charge is 0.461 e. The lowest BCUT2D eigenvalue weighted by Gasteiger charge is -2.22. The third-order valence-electron chi connectivity index (χ3n) is 4.82. The maximum absolute atomic E-state index is 13.0. The molecule has 0 unspecified atom stereocenters. The van der Waals surface area contributed by atoms with Gasteiger partial charge in [0.1, 0.15) is 6.04 Å². The molecule has 11 heteroatoms. The molecule has 0 heterocycles. The van der Waals surface area contributed by atoms with E-state index in [1.165, 1.54) is 0 Å². The first-order valence-corrected chi connectivity index (χ1v) is 15.1. The highest BCUT2D eigenvalue weighted by Gasteiger charge is 2.27. The van der Waals surface area contributed by atoms with Crippen LogP contribution in [0.25, 0.3) is 0 Å². The van der Waals surface area contributed by atoms with Gasteiger partial charge in [0.25, 0.3) is 0 Å². The van der Waals surface area contributed by atoms with Gasteiger partial charge in [0, 0.05) is 49.5 Å². The molecule has 2 aromatic rings. The molecule has 0 aromatic heterocycles. The number of alkyl halides is 2. The summed E-state index contributed by atoms with van der Waals surface area (Å²) in [5.41, 5.74) is 7.85. The lowest BCUT2D eigenvalue weighted by atomic mass is 10.0. The van der Waals surface area contributed by atoms with E-state index < -0.39 is 24.0 Å². The van der Waals surface area contributed by atoms with Crippen LogP contribution in [0.2, 0.25) is 10.0 Å². The van der Waals surface area contributed by atoms with Crippen LogP contribution < -0.4 is 11.1 Å². The lowest BCUT2D eigenvalue weighted by Crippen LogP contribution is -2.50. The van der Waals surface area contributed by atoms with Crippen molar-refractivity contribution in [2.75, 3.05) is 23.3 Å². The summed E-state index contributed by atoms with van der Waals surface area (Å²) in [4.78, 5) is 27.9. The fraction of sp³-hybridized carbons (Fsp3) is 0.440. The lowest BCUT2D eigenvalue weighted by molar-refractivity contribution is -0.151. The van der Waals surface area contributed by atoms with Crippen molar-refractivity contribution >= 4 is 81.8 Å². The average molecular weight is 612 g/mol. The fourth-order valence-corrected chi connectivity index (χ4v) is 5.81. The SMILES string of the molecule is CC(C)OC(=O)[C@H](Cc1ccc(Cl)cc1Cl)NC(=O)[C@@H](N)Cc1cc(SCCCl)cc(SCCCl)c1. The Morgan fingerprint density at radius 2 is 1.58 bits per heavy atom.